The number of carbonyl (C=O) groups excluding carboxylic acids is 1. The molecule has 57 heavy (non-hydrogen) atoms. The lowest BCUT2D eigenvalue weighted by atomic mass is 10.1. The molecule has 0 atom stereocenters. The summed E-state index contributed by atoms with van der Waals surface area (Å²) in [5.41, 5.74) is 4.31. The molecule has 0 aliphatic carbocycles. The van der Waals surface area contributed by atoms with Gasteiger partial charge in [-0.3, -0.25) is 13.9 Å². The van der Waals surface area contributed by atoms with E-state index in [4.69, 9.17) is 15.2 Å². The van der Waals surface area contributed by atoms with Gasteiger partial charge in [0.2, 0.25) is 5.91 Å². The van der Waals surface area contributed by atoms with Gasteiger partial charge in [-0.1, -0.05) is 6.07 Å². The summed E-state index contributed by atoms with van der Waals surface area (Å²) in [6.45, 7) is 1.02. The minimum Gasteiger partial charge on any atom is -0.507 e. The number of nitrogen functional groups attached to an aromatic ring is 1. The topological polar surface area (TPSA) is 361 Å². The maximum atomic E-state index is 12.4. The van der Waals surface area contributed by atoms with Crippen LogP contribution in [0.2, 0.25) is 0 Å². The van der Waals surface area contributed by atoms with Crippen molar-refractivity contribution in [3.63, 3.8) is 0 Å². The molecule has 0 saturated heterocycles. The van der Waals surface area contributed by atoms with Crippen LogP contribution in [0.5, 0.6) is 17.2 Å². The molecule has 298 valence electrons. The molecule has 0 aliphatic rings. The Morgan fingerprint density at radius 2 is 1.40 bits per heavy atom. The molecule has 0 radical (unpaired) electrons. The SMILES string of the molecule is COCCOc1cc(N=Nc2cc(S(=O)(=O)O)cc3cc(S(N=O)(N=O)N=O)cc(O)c23)c(NC(C)=O)cc1N=Nc1c(S(=O)(=O)O)cc2ccc(N)cc2c1O. The highest BCUT2D eigenvalue weighted by Gasteiger charge is 2.33. The number of phenolic OH excluding ortho intramolecular Hbond substituents is 2. The summed E-state index contributed by atoms with van der Waals surface area (Å²) >= 11 is 0. The summed E-state index contributed by atoms with van der Waals surface area (Å²) < 4.78 is 87.0. The van der Waals surface area contributed by atoms with Crippen LogP contribution in [0.4, 0.5) is 34.1 Å². The third-order valence-corrected chi connectivity index (χ3v) is 10.9. The first-order chi connectivity index (χ1) is 26.8. The third-order valence-electron chi connectivity index (χ3n) is 7.69. The van der Waals surface area contributed by atoms with E-state index in [0.29, 0.717) is 0 Å². The second-order valence-corrected chi connectivity index (χ2v) is 16.3. The molecule has 0 spiro atoms. The van der Waals surface area contributed by atoms with Crippen LogP contribution in [-0.2, 0) is 29.8 Å². The van der Waals surface area contributed by atoms with Crippen LogP contribution in [0, 0.1) is 14.7 Å². The summed E-state index contributed by atoms with van der Waals surface area (Å²) in [4.78, 5) is 44.3. The number of carbonyl (C=O) groups is 1. The van der Waals surface area contributed by atoms with E-state index >= 15 is 0 Å². The standard InChI is InChI=1S/C31H27N9O14S3/c1-15(41)33-22-13-24(35-37-30-28(57(50,51)52)9-16-3-4-18(32)10-21(16)31(30)43)27(54-6-5-53-2)14-23(22)34-36-25-11-20(56(47,48)49)8-17-7-19(12-26(42)29(17)25)55(38-44,39-45)40-46/h3-4,7-14,42-43H,5-6,32H2,1-2H3,(H,33,41)(H,47,48,49)(H,50,51,52). The van der Waals surface area contributed by atoms with Crippen LogP contribution in [-0.4, -0.2) is 62.4 Å². The number of rotatable bonds is 15. The number of hydrogen-bond donors (Lipinski definition) is 6. The Bertz CT molecular complexity index is 2760. The molecule has 0 heterocycles. The monoisotopic (exact) mass is 845 g/mol. The minimum atomic E-state index is -5.01. The molecule has 23 nitrogen and oxygen atoms in total. The molecule has 5 aromatic carbocycles. The van der Waals surface area contributed by atoms with Crippen molar-refractivity contribution in [1.29, 1.82) is 0 Å². The van der Waals surface area contributed by atoms with E-state index < -0.39 is 74.3 Å². The second-order valence-electron chi connectivity index (χ2n) is 11.5. The van der Waals surface area contributed by atoms with Crippen molar-refractivity contribution in [1.82, 2.24) is 0 Å². The fourth-order valence-electron chi connectivity index (χ4n) is 5.19. The van der Waals surface area contributed by atoms with Gasteiger partial charge < -0.3 is 30.7 Å². The number of nitrogens with one attached hydrogen (secondary N) is 1. The number of aromatic hydroxyl groups is 2. The number of azo groups is 2. The molecule has 0 aliphatic heterocycles. The molecule has 7 N–H and O–H groups in total. The van der Waals surface area contributed by atoms with E-state index in [9.17, 15) is 55.7 Å². The maximum Gasteiger partial charge on any atom is 0.296 e. The number of benzene rings is 5. The number of nitroso groups, excluding NO2 is 3. The first-order valence-electron chi connectivity index (χ1n) is 15.4. The van der Waals surface area contributed by atoms with Gasteiger partial charge in [-0.2, -0.15) is 16.8 Å². The quantitative estimate of drug-likeness (QED) is 0.0195. The lowest BCUT2D eigenvalue weighted by Crippen LogP contribution is -2.07. The first kappa shape index (κ1) is 41.6. The largest absolute Gasteiger partial charge is 0.507 e. The number of ether oxygens (including phenoxy) is 2. The van der Waals surface area contributed by atoms with E-state index in [1.807, 2.05) is 0 Å². The lowest BCUT2D eigenvalue weighted by Gasteiger charge is -2.16. The smallest absolute Gasteiger partial charge is 0.296 e. The normalized spacial score (nSPS) is 12.6. The average molecular weight is 846 g/mol. The number of nitrogens with two attached hydrogens (primary N) is 1. The van der Waals surface area contributed by atoms with E-state index in [2.05, 4.69) is 39.5 Å². The highest BCUT2D eigenvalue weighted by molar-refractivity contribution is 8.30. The fourth-order valence-corrected chi connectivity index (χ4v) is 7.28. The molecule has 0 aromatic heterocycles. The van der Waals surface area contributed by atoms with Crippen LogP contribution in [0.3, 0.4) is 0 Å². The zero-order valence-corrected chi connectivity index (χ0v) is 31.4. The van der Waals surface area contributed by atoms with Crippen molar-refractivity contribution in [2.75, 3.05) is 31.4 Å². The van der Waals surface area contributed by atoms with Gasteiger partial charge in [-0.25, -0.2) is 0 Å². The summed E-state index contributed by atoms with van der Waals surface area (Å²) in [5, 5.41) is 40.2. The molecular formula is C31H27N9O14S3. The number of phenols is 2. The lowest BCUT2D eigenvalue weighted by molar-refractivity contribution is -0.114. The number of fused-ring (bicyclic) bond motifs is 2. The number of nitrogens with zero attached hydrogens (tertiary/aromatic N) is 7. The molecule has 0 unspecified atom stereocenters. The fraction of sp³-hybridized carbons (Fsp3) is 0.129. The van der Waals surface area contributed by atoms with E-state index in [1.165, 1.54) is 25.3 Å². The Morgan fingerprint density at radius 1 is 0.754 bits per heavy atom. The molecular weight excluding hydrogens is 819 g/mol. The van der Waals surface area contributed by atoms with Crippen LogP contribution in [0.15, 0.2) is 110 Å². The van der Waals surface area contributed by atoms with Crippen molar-refractivity contribution in [2.24, 2.45) is 34.2 Å². The molecule has 0 saturated carbocycles. The number of amides is 1. The van der Waals surface area contributed by atoms with Gasteiger partial charge >= 0.3 is 0 Å². The van der Waals surface area contributed by atoms with Crippen molar-refractivity contribution >= 4 is 92.4 Å². The Hall–Kier alpha value is -6.58. The van der Waals surface area contributed by atoms with Crippen LogP contribution < -0.4 is 15.8 Å². The Morgan fingerprint density at radius 3 is 2.02 bits per heavy atom. The van der Waals surface area contributed by atoms with E-state index in [1.54, 1.807) is 0 Å². The third kappa shape index (κ3) is 8.79. The van der Waals surface area contributed by atoms with E-state index in [0.717, 1.165) is 49.4 Å². The van der Waals surface area contributed by atoms with Crippen LogP contribution >= 0.6 is 10.6 Å². The molecule has 0 fully saturated rings. The van der Waals surface area contributed by atoms with Gasteiger partial charge in [0.15, 0.2) is 16.3 Å². The summed E-state index contributed by atoms with van der Waals surface area (Å²) in [6, 6.07) is 10.8. The Kier molecular flexibility index (Phi) is 11.9. The molecule has 5 aromatic rings. The average Bonchev–Trinajstić information content (AvgIpc) is 3.14. The predicted octanol–water partition coefficient (Wildman–Crippen LogP) is 7.50. The highest BCUT2D eigenvalue weighted by Crippen LogP contribution is 2.61. The van der Waals surface area contributed by atoms with Gasteiger partial charge in [0.05, 0.1) is 33.2 Å². The van der Waals surface area contributed by atoms with Crippen molar-refractivity contribution in [3.8, 4) is 17.2 Å². The van der Waals surface area contributed by atoms with Crippen LogP contribution in [0.1, 0.15) is 6.92 Å². The molecule has 26 heteroatoms. The van der Waals surface area contributed by atoms with Crippen molar-refractivity contribution in [3.05, 3.63) is 75.4 Å². The van der Waals surface area contributed by atoms with E-state index in [-0.39, 0.29) is 63.3 Å². The Balaban J connectivity index is 1.73. The molecule has 1 amide bonds. The molecule has 0 bridgehead atoms. The van der Waals surface area contributed by atoms with Gasteiger partial charge in [0.1, 0.15) is 40.1 Å². The van der Waals surface area contributed by atoms with Crippen molar-refractivity contribution in [2.45, 2.75) is 21.6 Å². The van der Waals surface area contributed by atoms with Crippen molar-refractivity contribution < 1.29 is 50.4 Å². The molecule has 5 rings (SSSR count). The van der Waals surface area contributed by atoms with Gasteiger partial charge in [-0.05, 0) is 59.3 Å². The van der Waals surface area contributed by atoms with Gasteiger partial charge in [0.25, 0.3) is 20.2 Å². The summed E-state index contributed by atoms with van der Waals surface area (Å²) in [7, 11) is -12.8. The summed E-state index contributed by atoms with van der Waals surface area (Å²) in [6.07, 6.45) is 0. The van der Waals surface area contributed by atoms with Gasteiger partial charge in [0, 0.05) is 44.9 Å². The summed E-state index contributed by atoms with van der Waals surface area (Å²) in [5.74, 6) is -2.31. The zero-order chi connectivity index (χ0) is 41.9. The Labute approximate surface area is 321 Å². The van der Waals surface area contributed by atoms with Gasteiger partial charge in [-0.15, -0.1) is 35.2 Å². The van der Waals surface area contributed by atoms with Crippen LogP contribution in [0.25, 0.3) is 21.5 Å². The highest BCUT2D eigenvalue weighted by atomic mass is 32.3. The maximum absolute atomic E-state index is 12.4. The first-order valence-corrected chi connectivity index (χ1v) is 19.8. The number of anilines is 2. The second kappa shape index (κ2) is 16.3. The number of methoxy groups -OCH3 is 1. The number of hydrogen-bond acceptors (Lipinski definition) is 20. The minimum absolute atomic E-state index is 0.0260. The zero-order valence-electron chi connectivity index (χ0n) is 29.0. The predicted molar refractivity (Wildman–Crippen MR) is 205 cm³/mol.